The Morgan fingerprint density at radius 3 is 2.64 bits per heavy atom. The zero-order chi connectivity index (χ0) is 18.0. The maximum atomic E-state index is 13.1. The number of benzene rings is 1. The molecule has 0 radical (unpaired) electrons. The molecular weight excluding hydrogens is 316 g/mol. The van der Waals surface area contributed by atoms with Gasteiger partial charge >= 0.3 is 0 Å². The number of carbonyl (C=O) groups is 2. The average Bonchev–Trinajstić information content (AvgIpc) is 3.14. The fourth-order valence-corrected chi connectivity index (χ4v) is 3.83. The number of hydrogen-bond acceptors (Lipinski definition) is 3. The average molecular weight is 344 g/mol. The number of likely N-dealkylation sites (tertiary alicyclic amines) is 1. The second-order valence-electron chi connectivity index (χ2n) is 7.39. The van der Waals surface area contributed by atoms with Gasteiger partial charge in [-0.2, -0.15) is 0 Å². The van der Waals surface area contributed by atoms with Crippen LogP contribution in [-0.4, -0.2) is 52.5 Å². The zero-order valence-electron chi connectivity index (χ0n) is 15.1. The van der Waals surface area contributed by atoms with Crippen molar-refractivity contribution in [2.24, 2.45) is 11.8 Å². The highest BCUT2D eigenvalue weighted by Crippen LogP contribution is 2.28. The van der Waals surface area contributed by atoms with Crippen molar-refractivity contribution in [2.45, 2.75) is 45.7 Å². The molecule has 2 aliphatic rings. The van der Waals surface area contributed by atoms with Crippen LogP contribution in [-0.2, 0) is 22.6 Å². The topological polar surface area (TPSA) is 60.9 Å². The van der Waals surface area contributed by atoms with E-state index >= 15 is 0 Å². The summed E-state index contributed by atoms with van der Waals surface area (Å²) in [7, 11) is 0. The van der Waals surface area contributed by atoms with Crippen LogP contribution in [0.15, 0.2) is 24.3 Å². The monoisotopic (exact) mass is 344 g/mol. The highest BCUT2D eigenvalue weighted by Gasteiger charge is 2.39. The number of carbonyl (C=O) groups excluding carboxylic acids is 2. The lowest BCUT2D eigenvalue weighted by atomic mass is 9.91. The molecule has 1 saturated heterocycles. The van der Waals surface area contributed by atoms with Crippen LogP contribution in [0, 0.1) is 11.8 Å². The molecule has 1 aromatic rings. The lowest BCUT2D eigenvalue weighted by Crippen LogP contribution is -2.54. The highest BCUT2D eigenvalue weighted by atomic mass is 16.3. The van der Waals surface area contributed by atoms with Crippen LogP contribution in [0.25, 0.3) is 0 Å². The Morgan fingerprint density at radius 2 is 2.00 bits per heavy atom. The summed E-state index contributed by atoms with van der Waals surface area (Å²) in [6.45, 7) is 5.83. The number of aliphatic hydroxyl groups is 1. The number of fused-ring (bicyclic) bond motifs is 1. The minimum atomic E-state index is -0.422. The van der Waals surface area contributed by atoms with Gasteiger partial charge in [-0.1, -0.05) is 38.1 Å². The standard InChI is InChI=1S/C20H28N2O3/c1-3-14(2)19(24)22-12-17-7-5-4-6-16(17)10-18(22)20(25)21-9-8-15(11-21)13-23/h4-7,14-15,18,23H,3,8-13H2,1-2H3. The van der Waals surface area contributed by atoms with E-state index in [0.29, 0.717) is 26.1 Å². The maximum absolute atomic E-state index is 13.1. The third-order valence-corrected chi connectivity index (χ3v) is 5.71. The van der Waals surface area contributed by atoms with Gasteiger partial charge in [-0.05, 0) is 24.0 Å². The van der Waals surface area contributed by atoms with Gasteiger partial charge in [0.15, 0.2) is 0 Å². The molecule has 1 aromatic carbocycles. The van der Waals surface area contributed by atoms with E-state index in [-0.39, 0.29) is 30.3 Å². The molecule has 2 aliphatic heterocycles. The summed E-state index contributed by atoms with van der Waals surface area (Å²) in [5.74, 6) is 0.179. The van der Waals surface area contributed by atoms with Gasteiger partial charge in [0.2, 0.25) is 11.8 Å². The SMILES string of the molecule is CCC(C)C(=O)N1Cc2ccccc2CC1C(=O)N1CCC(CO)C1. The summed E-state index contributed by atoms with van der Waals surface area (Å²) in [5.41, 5.74) is 2.30. The number of rotatable bonds is 4. The zero-order valence-corrected chi connectivity index (χ0v) is 15.1. The Morgan fingerprint density at radius 1 is 1.28 bits per heavy atom. The third kappa shape index (κ3) is 3.56. The van der Waals surface area contributed by atoms with E-state index in [2.05, 4.69) is 6.07 Å². The van der Waals surface area contributed by atoms with E-state index in [1.165, 1.54) is 0 Å². The van der Waals surface area contributed by atoms with Gasteiger partial charge in [0.1, 0.15) is 6.04 Å². The molecule has 136 valence electrons. The molecule has 0 bridgehead atoms. The molecule has 0 saturated carbocycles. The Bertz CT molecular complexity index is 646. The molecule has 5 nitrogen and oxygen atoms in total. The van der Waals surface area contributed by atoms with Crippen LogP contribution in [0.3, 0.4) is 0 Å². The first-order valence-electron chi connectivity index (χ1n) is 9.32. The second-order valence-corrected chi connectivity index (χ2v) is 7.39. The summed E-state index contributed by atoms with van der Waals surface area (Å²) in [6.07, 6.45) is 2.19. The fraction of sp³-hybridized carbons (Fsp3) is 0.600. The molecule has 3 unspecified atom stereocenters. The summed E-state index contributed by atoms with van der Waals surface area (Å²) >= 11 is 0. The molecule has 1 fully saturated rings. The summed E-state index contributed by atoms with van der Waals surface area (Å²) < 4.78 is 0. The molecule has 1 N–H and O–H groups in total. The number of aliphatic hydroxyl groups excluding tert-OH is 1. The van der Waals surface area contributed by atoms with Crippen LogP contribution in [0.4, 0.5) is 0 Å². The van der Waals surface area contributed by atoms with E-state index < -0.39 is 6.04 Å². The van der Waals surface area contributed by atoms with E-state index in [0.717, 1.165) is 24.0 Å². The molecule has 2 amide bonds. The van der Waals surface area contributed by atoms with E-state index in [9.17, 15) is 14.7 Å². The fourth-order valence-electron chi connectivity index (χ4n) is 3.83. The van der Waals surface area contributed by atoms with Gasteiger partial charge in [-0.25, -0.2) is 0 Å². The Balaban J connectivity index is 1.85. The van der Waals surface area contributed by atoms with Crippen molar-refractivity contribution < 1.29 is 14.7 Å². The molecule has 0 aliphatic carbocycles. The van der Waals surface area contributed by atoms with Crippen LogP contribution in [0.2, 0.25) is 0 Å². The van der Waals surface area contributed by atoms with Crippen LogP contribution < -0.4 is 0 Å². The molecule has 2 heterocycles. The number of hydrogen-bond donors (Lipinski definition) is 1. The minimum absolute atomic E-state index is 0.0297. The second kappa shape index (κ2) is 7.56. The van der Waals surface area contributed by atoms with Gasteiger partial charge in [0, 0.05) is 44.5 Å². The van der Waals surface area contributed by atoms with E-state index in [4.69, 9.17) is 0 Å². The van der Waals surface area contributed by atoms with Gasteiger partial charge in [-0.15, -0.1) is 0 Å². The van der Waals surface area contributed by atoms with Crippen LogP contribution in [0.1, 0.15) is 37.8 Å². The lowest BCUT2D eigenvalue weighted by molar-refractivity contribution is -0.148. The van der Waals surface area contributed by atoms with Crippen LogP contribution in [0.5, 0.6) is 0 Å². The first-order chi connectivity index (χ1) is 12.0. The lowest BCUT2D eigenvalue weighted by Gasteiger charge is -2.39. The van der Waals surface area contributed by atoms with Gasteiger partial charge in [0.05, 0.1) is 0 Å². The smallest absolute Gasteiger partial charge is 0.245 e. The van der Waals surface area contributed by atoms with Gasteiger partial charge in [-0.3, -0.25) is 9.59 Å². The van der Waals surface area contributed by atoms with Crippen LogP contribution >= 0.6 is 0 Å². The minimum Gasteiger partial charge on any atom is -0.396 e. The Kier molecular flexibility index (Phi) is 5.42. The first kappa shape index (κ1) is 17.9. The maximum Gasteiger partial charge on any atom is 0.245 e. The largest absolute Gasteiger partial charge is 0.396 e. The highest BCUT2D eigenvalue weighted by molar-refractivity contribution is 5.89. The van der Waals surface area contributed by atoms with Crippen molar-refractivity contribution in [3.63, 3.8) is 0 Å². The Labute approximate surface area is 149 Å². The number of amides is 2. The molecule has 3 rings (SSSR count). The quantitative estimate of drug-likeness (QED) is 0.906. The van der Waals surface area contributed by atoms with Gasteiger partial charge < -0.3 is 14.9 Å². The van der Waals surface area contributed by atoms with Crippen molar-refractivity contribution in [3.05, 3.63) is 35.4 Å². The third-order valence-electron chi connectivity index (χ3n) is 5.71. The molecule has 5 heteroatoms. The van der Waals surface area contributed by atoms with Crippen molar-refractivity contribution in [1.29, 1.82) is 0 Å². The molecular formula is C20H28N2O3. The van der Waals surface area contributed by atoms with Gasteiger partial charge in [0.25, 0.3) is 0 Å². The molecule has 0 spiro atoms. The van der Waals surface area contributed by atoms with Crippen molar-refractivity contribution in [2.75, 3.05) is 19.7 Å². The normalized spacial score (nSPS) is 24.1. The van der Waals surface area contributed by atoms with E-state index in [1.54, 1.807) is 4.90 Å². The summed E-state index contributed by atoms with van der Waals surface area (Å²) in [5, 5.41) is 9.35. The van der Waals surface area contributed by atoms with Crippen molar-refractivity contribution >= 4 is 11.8 Å². The van der Waals surface area contributed by atoms with Crippen molar-refractivity contribution in [3.8, 4) is 0 Å². The Hall–Kier alpha value is -1.88. The van der Waals surface area contributed by atoms with Crippen molar-refractivity contribution in [1.82, 2.24) is 9.80 Å². The predicted molar refractivity (Wildman–Crippen MR) is 95.7 cm³/mol. The summed E-state index contributed by atoms with van der Waals surface area (Å²) in [6, 6.07) is 7.66. The summed E-state index contributed by atoms with van der Waals surface area (Å²) in [4.78, 5) is 29.7. The van der Waals surface area contributed by atoms with E-state index in [1.807, 2.05) is 36.9 Å². The predicted octanol–water partition coefficient (Wildman–Crippen LogP) is 1.83. The first-order valence-corrected chi connectivity index (χ1v) is 9.32. The molecule has 25 heavy (non-hydrogen) atoms. The molecule has 0 aromatic heterocycles. The number of nitrogens with zero attached hydrogens (tertiary/aromatic N) is 2. The molecule has 3 atom stereocenters.